The Labute approximate surface area is 137 Å². The van der Waals surface area contributed by atoms with Crippen molar-refractivity contribution in [2.24, 2.45) is 7.05 Å². The zero-order valence-electron chi connectivity index (χ0n) is 12.6. The fourth-order valence-electron chi connectivity index (χ4n) is 2.87. The van der Waals surface area contributed by atoms with Crippen molar-refractivity contribution in [3.8, 4) is 5.75 Å². The van der Waals surface area contributed by atoms with Gasteiger partial charge in [-0.15, -0.1) is 0 Å². The average Bonchev–Trinajstić information content (AvgIpc) is 3.06. The van der Waals surface area contributed by atoms with Gasteiger partial charge in [-0.2, -0.15) is 5.10 Å². The Hall–Kier alpha value is -1.82. The van der Waals surface area contributed by atoms with Crippen molar-refractivity contribution < 1.29 is 9.53 Å². The van der Waals surface area contributed by atoms with E-state index in [0.717, 1.165) is 29.4 Å². The molecule has 1 heterocycles. The number of benzene rings is 1. The third-order valence-corrected chi connectivity index (χ3v) is 4.72. The number of carbonyl (C=O) groups excluding carboxylic acids is 1. The number of fused-ring (bicyclic) bond motifs is 1. The number of halogens is 1. The van der Waals surface area contributed by atoms with Crippen molar-refractivity contribution in [2.45, 2.75) is 25.8 Å². The summed E-state index contributed by atoms with van der Waals surface area (Å²) < 4.78 is 7.81. The summed E-state index contributed by atoms with van der Waals surface area (Å²) in [5, 5.41) is 7.50. The van der Waals surface area contributed by atoms with E-state index in [1.807, 2.05) is 23.9 Å². The first-order valence-electron chi connectivity index (χ1n) is 7.25. The van der Waals surface area contributed by atoms with Crippen LogP contribution < -0.4 is 10.1 Å². The van der Waals surface area contributed by atoms with E-state index in [1.54, 1.807) is 13.2 Å². The molecule has 0 bridgehead atoms. The average molecular weight is 364 g/mol. The minimum atomic E-state index is -0.126. The summed E-state index contributed by atoms with van der Waals surface area (Å²) in [6.45, 7) is 0.487. The predicted molar refractivity (Wildman–Crippen MR) is 87.1 cm³/mol. The molecule has 0 atom stereocenters. The SMILES string of the molecule is COc1ccc(Br)c(C(=O)NCc2c3c(nn2C)CCC3)c1. The van der Waals surface area contributed by atoms with Crippen LogP contribution >= 0.6 is 15.9 Å². The van der Waals surface area contributed by atoms with E-state index < -0.39 is 0 Å². The van der Waals surface area contributed by atoms with E-state index in [0.29, 0.717) is 17.9 Å². The Kier molecular flexibility index (Phi) is 4.20. The number of aryl methyl sites for hydroxylation is 2. The number of hydrogen-bond acceptors (Lipinski definition) is 3. The molecular formula is C16H18BrN3O2. The van der Waals surface area contributed by atoms with E-state index in [4.69, 9.17) is 4.74 Å². The summed E-state index contributed by atoms with van der Waals surface area (Å²) >= 11 is 3.41. The number of nitrogens with zero attached hydrogens (tertiary/aromatic N) is 2. The minimum Gasteiger partial charge on any atom is -0.497 e. The molecule has 0 aliphatic heterocycles. The van der Waals surface area contributed by atoms with Crippen molar-refractivity contribution in [2.75, 3.05) is 7.11 Å². The van der Waals surface area contributed by atoms with Gasteiger partial charge in [0.15, 0.2) is 0 Å². The van der Waals surface area contributed by atoms with Crippen LogP contribution in [0.4, 0.5) is 0 Å². The maximum absolute atomic E-state index is 12.4. The van der Waals surface area contributed by atoms with Crippen molar-refractivity contribution >= 4 is 21.8 Å². The quantitative estimate of drug-likeness (QED) is 0.908. The largest absolute Gasteiger partial charge is 0.497 e. The van der Waals surface area contributed by atoms with Crippen LogP contribution in [-0.4, -0.2) is 22.8 Å². The van der Waals surface area contributed by atoms with Crippen LogP contribution in [0.5, 0.6) is 5.75 Å². The summed E-state index contributed by atoms with van der Waals surface area (Å²) in [7, 11) is 3.52. The van der Waals surface area contributed by atoms with Crippen molar-refractivity contribution in [1.82, 2.24) is 15.1 Å². The molecule has 2 aromatic rings. The maximum atomic E-state index is 12.4. The lowest BCUT2D eigenvalue weighted by Gasteiger charge is -2.10. The number of ether oxygens (including phenoxy) is 1. The fraction of sp³-hybridized carbons (Fsp3) is 0.375. The van der Waals surface area contributed by atoms with Crippen molar-refractivity contribution in [3.63, 3.8) is 0 Å². The fourth-order valence-corrected chi connectivity index (χ4v) is 3.30. The molecule has 0 spiro atoms. The van der Waals surface area contributed by atoms with E-state index >= 15 is 0 Å². The van der Waals surface area contributed by atoms with Crippen LogP contribution in [0, 0.1) is 0 Å². The van der Waals surface area contributed by atoms with Crippen LogP contribution in [0.15, 0.2) is 22.7 Å². The molecule has 1 N–H and O–H groups in total. The van der Waals surface area contributed by atoms with Crippen LogP contribution in [0.3, 0.4) is 0 Å². The number of hydrogen-bond donors (Lipinski definition) is 1. The lowest BCUT2D eigenvalue weighted by molar-refractivity contribution is 0.0949. The molecule has 6 heteroatoms. The van der Waals surface area contributed by atoms with Gasteiger partial charge in [0.25, 0.3) is 5.91 Å². The summed E-state index contributed by atoms with van der Waals surface area (Å²) in [6.07, 6.45) is 3.25. The molecule has 5 nitrogen and oxygen atoms in total. The van der Waals surface area contributed by atoms with Gasteiger partial charge in [0.05, 0.1) is 30.6 Å². The number of amides is 1. The van der Waals surface area contributed by atoms with Gasteiger partial charge in [-0.3, -0.25) is 9.48 Å². The van der Waals surface area contributed by atoms with Crippen LogP contribution in [0.1, 0.15) is 33.7 Å². The van der Waals surface area contributed by atoms with Gasteiger partial charge >= 0.3 is 0 Å². The molecule has 3 rings (SSSR count). The summed E-state index contributed by atoms with van der Waals surface area (Å²) in [5.74, 6) is 0.536. The summed E-state index contributed by atoms with van der Waals surface area (Å²) in [6, 6.07) is 5.36. The minimum absolute atomic E-state index is 0.126. The van der Waals surface area contributed by atoms with Crippen LogP contribution in [-0.2, 0) is 26.4 Å². The molecule has 1 aliphatic rings. The predicted octanol–water partition coefficient (Wildman–Crippen LogP) is 2.61. The van der Waals surface area contributed by atoms with E-state index in [-0.39, 0.29) is 5.91 Å². The molecule has 1 aliphatic carbocycles. The first-order chi connectivity index (χ1) is 10.6. The molecule has 1 aromatic heterocycles. The highest BCUT2D eigenvalue weighted by Gasteiger charge is 2.21. The molecule has 0 radical (unpaired) electrons. The zero-order valence-corrected chi connectivity index (χ0v) is 14.2. The van der Waals surface area contributed by atoms with E-state index in [9.17, 15) is 4.79 Å². The smallest absolute Gasteiger partial charge is 0.252 e. The Morgan fingerprint density at radius 3 is 3.05 bits per heavy atom. The standard InChI is InChI=1S/C16H18BrN3O2/c1-20-15(11-4-3-5-14(11)19-20)9-18-16(21)12-8-10(22-2)6-7-13(12)17/h6-8H,3-5,9H2,1-2H3,(H,18,21). The second-order valence-electron chi connectivity index (χ2n) is 5.38. The van der Waals surface area contributed by atoms with E-state index in [2.05, 4.69) is 26.3 Å². The molecule has 1 aromatic carbocycles. The Bertz CT molecular complexity index is 724. The molecule has 1 amide bonds. The topological polar surface area (TPSA) is 56.1 Å². The molecule has 0 saturated heterocycles. The molecule has 0 saturated carbocycles. The van der Waals surface area contributed by atoms with Gasteiger partial charge in [-0.05, 0) is 59.0 Å². The third kappa shape index (κ3) is 2.75. The summed E-state index contributed by atoms with van der Waals surface area (Å²) in [5.41, 5.74) is 4.14. The van der Waals surface area contributed by atoms with Crippen molar-refractivity contribution in [1.29, 1.82) is 0 Å². The van der Waals surface area contributed by atoms with Crippen LogP contribution in [0.2, 0.25) is 0 Å². The molecule has 116 valence electrons. The lowest BCUT2D eigenvalue weighted by Crippen LogP contribution is -2.25. The van der Waals surface area contributed by atoms with Gasteiger partial charge in [-0.1, -0.05) is 0 Å². The lowest BCUT2D eigenvalue weighted by atomic mass is 10.1. The molecular weight excluding hydrogens is 346 g/mol. The zero-order chi connectivity index (χ0) is 15.7. The molecule has 0 unspecified atom stereocenters. The highest BCUT2D eigenvalue weighted by atomic mass is 79.9. The van der Waals surface area contributed by atoms with Gasteiger partial charge in [0, 0.05) is 11.5 Å². The third-order valence-electron chi connectivity index (χ3n) is 4.03. The monoisotopic (exact) mass is 363 g/mol. The second-order valence-corrected chi connectivity index (χ2v) is 6.23. The number of aromatic nitrogens is 2. The number of rotatable bonds is 4. The molecule has 0 fully saturated rings. The van der Waals surface area contributed by atoms with Crippen LogP contribution in [0.25, 0.3) is 0 Å². The Morgan fingerprint density at radius 2 is 2.27 bits per heavy atom. The van der Waals surface area contributed by atoms with Gasteiger partial charge < -0.3 is 10.1 Å². The summed E-state index contributed by atoms with van der Waals surface area (Å²) in [4.78, 5) is 12.4. The van der Waals surface area contributed by atoms with Crippen molar-refractivity contribution in [3.05, 3.63) is 45.2 Å². The second kappa shape index (κ2) is 6.12. The van der Waals surface area contributed by atoms with Gasteiger partial charge in [-0.25, -0.2) is 0 Å². The van der Waals surface area contributed by atoms with E-state index in [1.165, 1.54) is 11.3 Å². The van der Waals surface area contributed by atoms with Gasteiger partial charge in [0.1, 0.15) is 5.75 Å². The Morgan fingerprint density at radius 1 is 1.45 bits per heavy atom. The number of methoxy groups -OCH3 is 1. The molecule has 22 heavy (non-hydrogen) atoms. The highest BCUT2D eigenvalue weighted by Crippen LogP contribution is 2.25. The first-order valence-corrected chi connectivity index (χ1v) is 8.05. The normalized spacial score (nSPS) is 13.0. The Balaban J connectivity index is 1.76. The van der Waals surface area contributed by atoms with Gasteiger partial charge in [0.2, 0.25) is 0 Å². The maximum Gasteiger partial charge on any atom is 0.252 e. The number of carbonyl (C=O) groups is 1. The number of nitrogens with one attached hydrogen (secondary N) is 1. The highest BCUT2D eigenvalue weighted by molar-refractivity contribution is 9.10. The first kappa shape index (κ1) is 15.1.